The van der Waals surface area contributed by atoms with Crippen molar-refractivity contribution in [1.82, 2.24) is 9.47 Å². The highest BCUT2D eigenvalue weighted by atomic mass is 16.6. The fourth-order valence-corrected chi connectivity index (χ4v) is 5.28. The summed E-state index contributed by atoms with van der Waals surface area (Å²) < 4.78 is 7.03. The minimum atomic E-state index is -0.491. The van der Waals surface area contributed by atoms with E-state index in [9.17, 15) is 14.8 Å². The Bertz CT molecular complexity index is 1380. The Morgan fingerprint density at radius 1 is 1.05 bits per heavy atom. The summed E-state index contributed by atoms with van der Waals surface area (Å²) in [4.78, 5) is 26.1. The molecule has 0 bridgehead atoms. The van der Waals surface area contributed by atoms with E-state index in [0.717, 1.165) is 18.4 Å². The molecule has 2 heterocycles. The molecule has 0 saturated carbocycles. The number of likely N-dealkylation sites (tertiary alicyclic amines) is 1. The quantitative estimate of drug-likeness (QED) is 0.234. The molecule has 2 aromatic carbocycles. The van der Waals surface area contributed by atoms with Gasteiger partial charge in [0.1, 0.15) is 5.60 Å². The highest BCUT2D eigenvalue weighted by Crippen LogP contribution is 2.34. The summed E-state index contributed by atoms with van der Waals surface area (Å²) >= 11 is 0. The SMILES string of the molecule is Cc1ccccc1C(CC(=NO)c1ccc(=O)n(C)c1)c1ccc(C2CCN(C(=O)OC(C)(C)C)CC2)cc1. The molecular formula is C32H39N3O4. The van der Waals surface area contributed by atoms with Gasteiger partial charge in [-0.3, -0.25) is 4.79 Å². The van der Waals surface area contributed by atoms with Gasteiger partial charge in [0.05, 0.1) is 5.71 Å². The van der Waals surface area contributed by atoms with Crippen molar-refractivity contribution in [3.63, 3.8) is 0 Å². The molecule has 1 amide bonds. The molecule has 7 heteroatoms. The van der Waals surface area contributed by atoms with Crippen LogP contribution >= 0.6 is 0 Å². The summed E-state index contributed by atoms with van der Waals surface area (Å²) in [6.45, 7) is 9.13. The first-order chi connectivity index (χ1) is 18.6. The Morgan fingerprint density at radius 3 is 2.31 bits per heavy atom. The molecule has 1 unspecified atom stereocenters. The third-order valence-corrected chi connectivity index (χ3v) is 7.46. The molecule has 3 aromatic rings. The van der Waals surface area contributed by atoms with Crippen molar-refractivity contribution in [2.24, 2.45) is 12.2 Å². The van der Waals surface area contributed by atoms with Crippen LogP contribution in [-0.4, -0.2) is 45.2 Å². The van der Waals surface area contributed by atoms with Gasteiger partial charge in [0.25, 0.3) is 0 Å². The predicted octanol–water partition coefficient (Wildman–Crippen LogP) is 6.21. The number of oxime groups is 1. The largest absolute Gasteiger partial charge is 0.444 e. The predicted molar refractivity (Wildman–Crippen MR) is 154 cm³/mol. The van der Waals surface area contributed by atoms with Gasteiger partial charge < -0.3 is 19.4 Å². The third-order valence-electron chi connectivity index (χ3n) is 7.46. The van der Waals surface area contributed by atoms with Crippen LogP contribution < -0.4 is 5.56 Å². The van der Waals surface area contributed by atoms with E-state index >= 15 is 0 Å². The molecule has 4 rings (SSSR count). The number of ether oxygens (including phenoxy) is 1. The van der Waals surface area contributed by atoms with E-state index in [1.165, 1.54) is 27.3 Å². The fourth-order valence-electron chi connectivity index (χ4n) is 5.28. The highest BCUT2D eigenvalue weighted by Gasteiger charge is 2.28. The Hall–Kier alpha value is -3.87. The van der Waals surface area contributed by atoms with Crippen molar-refractivity contribution in [3.05, 3.63) is 105 Å². The van der Waals surface area contributed by atoms with E-state index in [1.54, 1.807) is 24.2 Å². The second kappa shape index (κ2) is 11.9. The van der Waals surface area contributed by atoms with E-state index in [-0.39, 0.29) is 17.6 Å². The number of hydrogen-bond acceptors (Lipinski definition) is 5. The molecular weight excluding hydrogens is 490 g/mol. The standard InChI is InChI=1S/C32H39N3O4/c1-22-8-6-7-9-27(22)28(20-29(33-38)26-14-15-30(36)34(5)21-26)25-12-10-23(11-13-25)24-16-18-35(19-17-24)31(37)39-32(2,3)4/h6-15,21,24,28,38H,16-20H2,1-5H3. The topological polar surface area (TPSA) is 84.1 Å². The van der Waals surface area contributed by atoms with Gasteiger partial charge >= 0.3 is 6.09 Å². The summed E-state index contributed by atoms with van der Waals surface area (Å²) in [5, 5.41) is 13.6. The first-order valence-electron chi connectivity index (χ1n) is 13.6. The summed E-state index contributed by atoms with van der Waals surface area (Å²) in [7, 11) is 1.69. The summed E-state index contributed by atoms with van der Waals surface area (Å²) in [5.41, 5.74) is 5.36. The average molecular weight is 530 g/mol. The van der Waals surface area contributed by atoms with Crippen LogP contribution in [0.4, 0.5) is 4.79 Å². The van der Waals surface area contributed by atoms with Crippen LogP contribution in [0, 0.1) is 6.92 Å². The lowest BCUT2D eigenvalue weighted by Gasteiger charge is -2.33. The fraction of sp³-hybridized carbons (Fsp3) is 0.406. The monoisotopic (exact) mass is 529 g/mol. The van der Waals surface area contributed by atoms with Gasteiger partial charge in [-0.25, -0.2) is 4.79 Å². The molecule has 0 spiro atoms. The Balaban J connectivity index is 1.54. The second-order valence-electron chi connectivity index (χ2n) is 11.4. The van der Waals surface area contributed by atoms with Crippen LogP contribution in [0.5, 0.6) is 0 Å². The number of hydrogen-bond donors (Lipinski definition) is 1. The zero-order valence-electron chi connectivity index (χ0n) is 23.6. The molecule has 1 aliphatic rings. The maximum atomic E-state index is 12.4. The minimum absolute atomic E-state index is 0.0302. The van der Waals surface area contributed by atoms with Crippen molar-refractivity contribution < 1.29 is 14.7 Å². The molecule has 1 aromatic heterocycles. The molecule has 1 N–H and O–H groups in total. The number of benzene rings is 2. The van der Waals surface area contributed by atoms with Gasteiger partial charge in [0.15, 0.2) is 0 Å². The van der Waals surface area contributed by atoms with Crippen LogP contribution in [0.1, 0.15) is 79.7 Å². The van der Waals surface area contributed by atoms with Crippen molar-refractivity contribution in [3.8, 4) is 0 Å². The number of aromatic nitrogens is 1. The van der Waals surface area contributed by atoms with Gasteiger partial charge in [-0.05, 0) is 74.8 Å². The number of carbonyl (C=O) groups excluding carboxylic acids is 1. The Labute approximate surface area is 230 Å². The number of pyridine rings is 1. The van der Waals surface area contributed by atoms with Crippen LogP contribution in [0.15, 0.2) is 76.8 Å². The highest BCUT2D eigenvalue weighted by molar-refractivity contribution is 6.00. The lowest BCUT2D eigenvalue weighted by Crippen LogP contribution is -2.41. The number of aryl methyl sites for hydroxylation is 2. The van der Waals surface area contributed by atoms with Gasteiger partial charge in [0, 0.05) is 50.3 Å². The lowest BCUT2D eigenvalue weighted by atomic mass is 9.82. The van der Waals surface area contributed by atoms with E-state index in [0.29, 0.717) is 36.7 Å². The molecule has 0 aliphatic carbocycles. The summed E-state index contributed by atoms with van der Waals surface area (Å²) in [6, 6.07) is 20.2. The van der Waals surface area contributed by atoms with Crippen LogP contribution in [-0.2, 0) is 11.8 Å². The van der Waals surface area contributed by atoms with Crippen molar-refractivity contribution in [1.29, 1.82) is 0 Å². The number of rotatable bonds is 6. The third kappa shape index (κ3) is 6.96. The van der Waals surface area contributed by atoms with Gasteiger partial charge in [-0.15, -0.1) is 0 Å². The maximum Gasteiger partial charge on any atom is 0.410 e. The molecule has 1 saturated heterocycles. The van der Waals surface area contributed by atoms with E-state index < -0.39 is 5.60 Å². The smallest absolute Gasteiger partial charge is 0.410 e. The normalized spacial score (nSPS) is 15.7. The first kappa shape index (κ1) is 28.1. The Kier molecular flexibility index (Phi) is 8.58. The van der Waals surface area contributed by atoms with Gasteiger partial charge in [0.2, 0.25) is 5.56 Å². The van der Waals surface area contributed by atoms with Crippen LogP contribution in [0.3, 0.4) is 0 Å². The Morgan fingerprint density at radius 2 is 1.72 bits per heavy atom. The average Bonchev–Trinajstić information content (AvgIpc) is 2.91. The summed E-state index contributed by atoms with van der Waals surface area (Å²) in [5.74, 6) is 0.354. The number of carbonyl (C=O) groups is 1. The molecule has 1 aliphatic heterocycles. The maximum absolute atomic E-state index is 12.4. The van der Waals surface area contributed by atoms with Gasteiger partial charge in [-0.1, -0.05) is 53.7 Å². The zero-order chi connectivity index (χ0) is 28.2. The summed E-state index contributed by atoms with van der Waals surface area (Å²) in [6.07, 6.45) is 3.74. The van der Waals surface area contributed by atoms with Crippen molar-refractivity contribution in [2.75, 3.05) is 13.1 Å². The molecule has 1 fully saturated rings. The minimum Gasteiger partial charge on any atom is -0.444 e. The van der Waals surface area contributed by atoms with Crippen molar-refractivity contribution in [2.45, 2.75) is 64.4 Å². The molecule has 206 valence electrons. The first-order valence-corrected chi connectivity index (χ1v) is 13.6. The van der Waals surface area contributed by atoms with E-state index in [1.807, 2.05) is 32.9 Å². The molecule has 1 atom stereocenters. The molecule has 0 radical (unpaired) electrons. The number of amides is 1. The zero-order valence-corrected chi connectivity index (χ0v) is 23.6. The van der Waals surface area contributed by atoms with Crippen molar-refractivity contribution >= 4 is 11.8 Å². The number of piperidine rings is 1. The lowest BCUT2D eigenvalue weighted by molar-refractivity contribution is 0.0205. The van der Waals surface area contributed by atoms with E-state index in [2.05, 4.69) is 48.5 Å². The number of nitrogens with zero attached hydrogens (tertiary/aromatic N) is 3. The molecule has 39 heavy (non-hydrogen) atoms. The van der Waals surface area contributed by atoms with Crippen LogP contribution in [0.2, 0.25) is 0 Å². The molecule has 7 nitrogen and oxygen atoms in total. The van der Waals surface area contributed by atoms with E-state index in [4.69, 9.17) is 4.74 Å². The second-order valence-corrected chi connectivity index (χ2v) is 11.4. The van der Waals surface area contributed by atoms with Crippen LogP contribution in [0.25, 0.3) is 0 Å². The van der Waals surface area contributed by atoms with Gasteiger partial charge in [-0.2, -0.15) is 0 Å².